The summed E-state index contributed by atoms with van der Waals surface area (Å²) in [5.41, 5.74) is 3.41. The molecule has 0 fully saturated rings. The van der Waals surface area contributed by atoms with Gasteiger partial charge in [-0.15, -0.1) is 12.4 Å². The number of fused-ring (bicyclic) bond motifs is 1. The number of hydrogen-bond donors (Lipinski definition) is 2. The van der Waals surface area contributed by atoms with E-state index in [2.05, 4.69) is 16.7 Å². The lowest BCUT2D eigenvalue weighted by Crippen LogP contribution is -2.38. The molecule has 0 saturated carbocycles. The number of halogens is 1. The highest BCUT2D eigenvalue weighted by Gasteiger charge is 2.15. The smallest absolute Gasteiger partial charge is 0.220 e. The molecule has 1 atom stereocenters. The molecule has 0 saturated heterocycles. The minimum Gasteiger partial charge on any atom is -0.355 e. The molecule has 2 N–H and O–H groups in total. The molecule has 0 bridgehead atoms. The number of likely N-dealkylation sites (N-methyl/N-ethyl adjacent to an activating group) is 1. The first-order valence-corrected chi connectivity index (χ1v) is 8.25. The van der Waals surface area contributed by atoms with E-state index >= 15 is 0 Å². The van der Waals surface area contributed by atoms with Crippen molar-refractivity contribution >= 4 is 24.1 Å². The molecular weight excluding hydrogens is 312 g/mol. The Morgan fingerprint density at radius 2 is 1.91 bits per heavy atom. The van der Waals surface area contributed by atoms with Crippen LogP contribution in [0.5, 0.6) is 0 Å². The van der Waals surface area contributed by atoms with E-state index in [1.807, 2.05) is 26.0 Å². The van der Waals surface area contributed by atoms with Crippen molar-refractivity contribution in [1.82, 2.24) is 10.6 Å². The van der Waals surface area contributed by atoms with Crippen LogP contribution in [-0.2, 0) is 17.6 Å². The number of ketones is 1. The maximum Gasteiger partial charge on any atom is 0.220 e. The summed E-state index contributed by atoms with van der Waals surface area (Å²) >= 11 is 0. The van der Waals surface area contributed by atoms with Crippen molar-refractivity contribution in [2.45, 2.75) is 52.0 Å². The predicted octanol–water partition coefficient (Wildman–Crippen LogP) is 2.67. The van der Waals surface area contributed by atoms with E-state index in [4.69, 9.17) is 0 Å². The molecule has 1 aliphatic rings. The SMILES string of the molecule is CCN[C@H](C)CNC(=O)CCC(=O)c1ccc2c(c1)CCC2.Cl. The monoisotopic (exact) mass is 338 g/mol. The third-order valence-electron chi connectivity index (χ3n) is 4.16. The van der Waals surface area contributed by atoms with Crippen molar-refractivity contribution in [3.63, 3.8) is 0 Å². The lowest BCUT2D eigenvalue weighted by atomic mass is 10.0. The van der Waals surface area contributed by atoms with Crippen LogP contribution in [0.3, 0.4) is 0 Å². The van der Waals surface area contributed by atoms with Crippen molar-refractivity contribution in [3.05, 3.63) is 34.9 Å². The Labute approximate surface area is 144 Å². The van der Waals surface area contributed by atoms with Gasteiger partial charge in [0.1, 0.15) is 0 Å². The van der Waals surface area contributed by atoms with E-state index in [0.717, 1.165) is 24.9 Å². The largest absolute Gasteiger partial charge is 0.355 e. The number of amides is 1. The summed E-state index contributed by atoms with van der Waals surface area (Å²) in [5, 5.41) is 6.10. The zero-order valence-corrected chi connectivity index (χ0v) is 14.8. The molecule has 5 heteroatoms. The molecular formula is C18H27ClN2O2. The van der Waals surface area contributed by atoms with Gasteiger partial charge in [-0.05, 0) is 49.9 Å². The van der Waals surface area contributed by atoms with Gasteiger partial charge in [-0.25, -0.2) is 0 Å². The normalized spacial score (nSPS) is 13.8. The Morgan fingerprint density at radius 3 is 2.65 bits per heavy atom. The number of carbonyl (C=O) groups excluding carboxylic acids is 2. The first-order chi connectivity index (χ1) is 10.6. The number of aryl methyl sites for hydroxylation is 2. The molecule has 0 radical (unpaired) electrons. The molecule has 1 aliphatic carbocycles. The van der Waals surface area contributed by atoms with E-state index in [-0.39, 0.29) is 43.0 Å². The molecule has 0 aromatic heterocycles. The quantitative estimate of drug-likeness (QED) is 0.716. The van der Waals surface area contributed by atoms with Crippen LogP contribution in [0.4, 0.5) is 0 Å². The van der Waals surface area contributed by atoms with Crippen molar-refractivity contribution in [2.24, 2.45) is 0 Å². The van der Waals surface area contributed by atoms with E-state index in [1.165, 1.54) is 17.5 Å². The van der Waals surface area contributed by atoms with E-state index in [9.17, 15) is 9.59 Å². The molecule has 23 heavy (non-hydrogen) atoms. The van der Waals surface area contributed by atoms with Gasteiger partial charge in [-0.3, -0.25) is 9.59 Å². The minimum atomic E-state index is -0.0562. The Morgan fingerprint density at radius 1 is 1.17 bits per heavy atom. The van der Waals surface area contributed by atoms with Crippen LogP contribution in [0.2, 0.25) is 0 Å². The Bertz CT molecular complexity index is 546. The second-order valence-electron chi connectivity index (χ2n) is 6.02. The summed E-state index contributed by atoms with van der Waals surface area (Å²) in [4.78, 5) is 24.0. The summed E-state index contributed by atoms with van der Waals surface area (Å²) in [6.07, 6.45) is 3.91. The number of carbonyl (C=O) groups is 2. The van der Waals surface area contributed by atoms with Gasteiger partial charge in [0.05, 0.1) is 0 Å². The van der Waals surface area contributed by atoms with Crippen LogP contribution in [0.15, 0.2) is 18.2 Å². The fourth-order valence-corrected chi connectivity index (χ4v) is 2.89. The summed E-state index contributed by atoms with van der Waals surface area (Å²) in [7, 11) is 0. The first-order valence-electron chi connectivity index (χ1n) is 8.25. The number of hydrogen-bond acceptors (Lipinski definition) is 3. The minimum absolute atomic E-state index is 0. The second kappa shape index (κ2) is 9.68. The maximum absolute atomic E-state index is 12.2. The van der Waals surface area contributed by atoms with Crippen molar-refractivity contribution in [2.75, 3.05) is 13.1 Å². The number of rotatable bonds is 8. The van der Waals surface area contributed by atoms with Gasteiger partial charge >= 0.3 is 0 Å². The first kappa shape index (κ1) is 19.7. The molecule has 2 rings (SSSR count). The molecule has 4 nitrogen and oxygen atoms in total. The van der Waals surface area contributed by atoms with Crippen LogP contribution in [0, 0.1) is 0 Å². The zero-order chi connectivity index (χ0) is 15.9. The van der Waals surface area contributed by atoms with Crippen LogP contribution in [0.1, 0.15) is 54.6 Å². The highest BCUT2D eigenvalue weighted by Crippen LogP contribution is 2.23. The Balaban J connectivity index is 0.00000264. The third kappa shape index (κ3) is 5.96. The predicted molar refractivity (Wildman–Crippen MR) is 95.4 cm³/mol. The van der Waals surface area contributed by atoms with Crippen molar-refractivity contribution in [1.29, 1.82) is 0 Å². The third-order valence-corrected chi connectivity index (χ3v) is 4.16. The second-order valence-corrected chi connectivity index (χ2v) is 6.02. The summed E-state index contributed by atoms with van der Waals surface area (Å²) in [6, 6.07) is 6.22. The summed E-state index contributed by atoms with van der Waals surface area (Å²) < 4.78 is 0. The van der Waals surface area contributed by atoms with E-state index in [1.54, 1.807) is 0 Å². The Kier molecular flexibility index (Phi) is 8.28. The van der Waals surface area contributed by atoms with Gasteiger partial charge in [0.2, 0.25) is 5.91 Å². The number of benzene rings is 1. The molecule has 1 amide bonds. The molecule has 1 aromatic rings. The van der Waals surface area contributed by atoms with Gasteiger partial charge in [0.15, 0.2) is 5.78 Å². The Hall–Kier alpha value is -1.39. The highest BCUT2D eigenvalue weighted by molar-refractivity contribution is 5.98. The molecule has 128 valence electrons. The highest BCUT2D eigenvalue weighted by atomic mass is 35.5. The molecule has 0 unspecified atom stereocenters. The topological polar surface area (TPSA) is 58.2 Å². The standard InChI is InChI=1S/C18H26N2O2.ClH/c1-3-19-13(2)12-20-18(22)10-9-17(21)16-8-7-14-5-4-6-15(14)11-16;/h7-8,11,13,19H,3-6,9-10,12H2,1-2H3,(H,20,22);1H/t13-;/m1./s1. The fraction of sp³-hybridized carbons (Fsp3) is 0.556. The van der Waals surface area contributed by atoms with Gasteiger partial charge in [0, 0.05) is 31.0 Å². The molecule has 1 aromatic carbocycles. The van der Waals surface area contributed by atoms with E-state index in [0.29, 0.717) is 6.54 Å². The van der Waals surface area contributed by atoms with Crippen LogP contribution < -0.4 is 10.6 Å². The molecule has 0 aliphatic heterocycles. The zero-order valence-electron chi connectivity index (χ0n) is 14.0. The summed E-state index contributed by atoms with van der Waals surface area (Å²) in [5.74, 6) is 0.00356. The molecule has 0 spiro atoms. The van der Waals surface area contributed by atoms with Crippen molar-refractivity contribution in [3.8, 4) is 0 Å². The van der Waals surface area contributed by atoms with Crippen LogP contribution in [-0.4, -0.2) is 30.8 Å². The van der Waals surface area contributed by atoms with Gasteiger partial charge in [0.25, 0.3) is 0 Å². The fourth-order valence-electron chi connectivity index (χ4n) is 2.89. The lowest BCUT2D eigenvalue weighted by molar-refractivity contribution is -0.121. The van der Waals surface area contributed by atoms with Crippen LogP contribution >= 0.6 is 12.4 Å². The average molecular weight is 339 g/mol. The number of nitrogens with one attached hydrogen (secondary N) is 2. The lowest BCUT2D eigenvalue weighted by Gasteiger charge is -2.13. The number of Topliss-reactive ketones (excluding diaryl/α,β-unsaturated/α-hetero) is 1. The van der Waals surface area contributed by atoms with Crippen molar-refractivity contribution < 1.29 is 9.59 Å². The van der Waals surface area contributed by atoms with E-state index < -0.39 is 0 Å². The van der Waals surface area contributed by atoms with Gasteiger partial charge in [-0.1, -0.05) is 19.1 Å². The molecule has 0 heterocycles. The average Bonchev–Trinajstić information content (AvgIpc) is 2.98. The van der Waals surface area contributed by atoms with Gasteiger partial charge < -0.3 is 10.6 Å². The van der Waals surface area contributed by atoms with Crippen LogP contribution in [0.25, 0.3) is 0 Å². The van der Waals surface area contributed by atoms with Gasteiger partial charge in [-0.2, -0.15) is 0 Å². The summed E-state index contributed by atoms with van der Waals surface area (Å²) in [6.45, 7) is 5.54. The maximum atomic E-state index is 12.2.